The first-order valence-corrected chi connectivity index (χ1v) is 8.81. The number of ether oxygens (including phenoxy) is 2. The van der Waals surface area contributed by atoms with Crippen LogP contribution in [0.4, 0.5) is 0 Å². The zero-order valence-electron chi connectivity index (χ0n) is 14.7. The Labute approximate surface area is 152 Å². The minimum atomic E-state index is -0.364. The predicted molar refractivity (Wildman–Crippen MR) is 99.8 cm³/mol. The first kappa shape index (κ1) is 16.8. The van der Waals surface area contributed by atoms with Gasteiger partial charge in [-0.1, -0.05) is 48.5 Å². The topological polar surface area (TPSA) is 63.4 Å². The summed E-state index contributed by atoms with van der Waals surface area (Å²) in [5, 5.41) is 4.54. The fraction of sp³-hybridized carbons (Fsp3) is 0.286. The molecule has 26 heavy (non-hydrogen) atoms. The van der Waals surface area contributed by atoms with Crippen LogP contribution < -0.4 is 5.32 Å². The number of para-hydroxylation sites is 1. The molecule has 0 amide bonds. The first-order valence-electron chi connectivity index (χ1n) is 8.81. The summed E-state index contributed by atoms with van der Waals surface area (Å²) in [6.45, 7) is 1.01. The predicted octanol–water partition coefficient (Wildman–Crippen LogP) is 3.11. The van der Waals surface area contributed by atoms with Gasteiger partial charge in [0.05, 0.1) is 26.4 Å². The lowest BCUT2D eigenvalue weighted by atomic mass is 9.94. The van der Waals surface area contributed by atoms with Crippen molar-refractivity contribution in [3.05, 3.63) is 71.4 Å². The maximum Gasteiger partial charge on any atom is 0.323 e. The van der Waals surface area contributed by atoms with Crippen LogP contribution in [0.3, 0.4) is 0 Å². The van der Waals surface area contributed by atoms with Crippen molar-refractivity contribution in [3.8, 4) is 0 Å². The molecule has 0 saturated heterocycles. The molecule has 0 spiro atoms. The van der Waals surface area contributed by atoms with Crippen LogP contribution in [0.5, 0.6) is 0 Å². The zero-order valence-corrected chi connectivity index (χ0v) is 14.7. The van der Waals surface area contributed by atoms with Crippen molar-refractivity contribution < 1.29 is 14.3 Å². The smallest absolute Gasteiger partial charge is 0.323 e. The van der Waals surface area contributed by atoms with E-state index in [0.29, 0.717) is 19.6 Å². The molecule has 1 aromatic heterocycles. The van der Waals surface area contributed by atoms with Crippen molar-refractivity contribution in [2.45, 2.75) is 25.1 Å². The Hall–Kier alpha value is -2.63. The summed E-state index contributed by atoms with van der Waals surface area (Å²) in [6.07, 6.45) is 0.612. The number of fused-ring (bicyclic) bond motifs is 3. The fourth-order valence-corrected chi connectivity index (χ4v) is 3.62. The highest BCUT2D eigenvalue weighted by molar-refractivity contribution is 5.87. The van der Waals surface area contributed by atoms with Gasteiger partial charge in [0.15, 0.2) is 0 Å². The Balaban J connectivity index is 1.58. The zero-order chi connectivity index (χ0) is 17.9. The molecule has 2 N–H and O–H groups in total. The summed E-state index contributed by atoms with van der Waals surface area (Å²) in [7, 11) is 1.43. The van der Waals surface area contributed by atoms with Gasteiger partial charge >= 0.3 is 5.97 Å². The highest BCUT2D eigenvalue weighted by Crippen LogP contribution is 2.32. The number of H-pyrrole nitrogens is 1. The van der Waals surface area contributed by atoms with Crippen LogP contribution >= 0.6 is 0 Å². The van der Waals surface area contributed by atoms with Gasteiger partial charge in [0.1, 0.15) is 6.04 Å². The van der Waals surface area contributed by atoms with E-state index in [1.807, 2.05) is 42.5 Å². The lowest BCUT2D eigenvalue weighted by Crippen LogP contribution is -2.46. The van der Waals surface area contributed by atoms with Crippen molar-refractivity contribution in [2.24, 2.45) is 0 Å². The van der Waals surface area contributed by atoms with Gasteiger partial charge in [-0.15, -0.1) is 0 Å². The summed E-state index contributed by atoms with van der Waals surface area (Å²) >= 11 is 0. The van der Waals surface area contributed by atoms with Gasteiger partial charge in [0, 0.05) is 23.0 Å². The van der Waals surface area contributed by atoms with E-state index in [0.717, 1.165) is 22.2 Å². The number of hydrogen-bond donors (Lipinski definition) is 2. The van der Waals surface area contributed by atoms with Gasteiger partial charge in [-0.05, 0) is 17.2 Å². The van der Waals surface area contributed by atoms with Crippen molar-refractivity contribution in [1.82, 2.24) is 10.3 Å². The van der Waals surface area contributed by atoms with E-state index in [1.165, 1.54) is 12.7 Å². The molecular weight excluding hydrogens is 328 g/mol. The number of hydrogen-bond acceptors (Lipinski definition) is 4. The number of methoxy groups -OCH3 is 1. The number of carbonyl (C=O) groups is 1. The Morgan fingerprint density at radius 2 is 1.88 bits per heavy atom. The second kappa shape index (κ2) is 7.32. The molecule has 3 aromatic rings. The molecule has 1 aliphatic heterocycles. The molecule has 0 bridgehead atoms. The van der Waals surface area contributed by atoms with Crippen LogP contribution in [-0.4, -0.2) is 30.7 Å². The molecule has 0 unspecified atom stereocenters. The SMILES string of the molecule is COC(=O)[C@@H]1Cc2c([nH]c3ccccc23)[C@@H](COCc2ccccc2)N1. The lowest BCUT2D eigenvalue weighted by Gasteiger charge is -2.29. The van der Waals surface area contributed by atoms with E-state index in [4.69, 9.17) is 9.47 Å². The summed E-state index contributed by atoms with van der Waals surface area (Å²) in [5.41, 5.74) is 4.48. The molecule has 2 heterocycles. The number of carbonyl (C=O) groups excluding carboxylic acids is 1. The molecule has 0 saturated carbocycles. The maximum absolute atomic E-state index is 12.1. The molecule has 2 atom stereocenters. The average Bonchev–Trinajstić information content (AvgIpc) is 3.07. The monoisotopic (exact) mass is 350 g/mol. The van der Waals surface area contributed by atoms with E-state index in [9.17, 15) is 4.79 Å². The third-order valence-electron chi connectivity index (χ3n) is 4.89. The number of esters is 1. The van der Waals surface area contributed by atoms with Gasteiger partial charge < -0.3 is 14.5 Å². The van der Waals surface area contributed by atoms with Gasteiger partial charge in [-0.3, -0.25) is 10.1 Å². The van der Waals surface area contributed by atoms with E-state index in [2.05, 4.69) is 22.4 Å². The summed E-state index contributed by atoms with van der Waals surface area (Å²) in [5.74, 6) is -0.242. The molecule has 5 nitrogen and oxygen atoms in total. The Kier molecular flexibility index (Phi) is 4.73. The van der Waals surface area contributed by atoms with Gasteiger partial charge in [0.2, 0.25) is 0 Å². The standard InChI is InChI=1S/C21H22N2O3/c1-25-21(24)18-11-16-15-9-5-6-10-17(15)23-20(16)19(22-18)13-26-12-14-7-3-2-4-8-14/h2-10,18-19,22-23H,11-13H2,1H3/t18-,19+/m0/s1. The van der Waals surface area contributed by atoms with Crippen molar-refractivity contribution >= 4 is 16.9 Å². The average molecular weight is 350 g/mol. The molecule has 5 heteroatoms. The second-order valence-corrected chi connectivity index (χ2v) is 6.56. The molecule has 134 valence electrons. The second-order valence-electron chi connectivity index (χ2n) is 6.56. The molecule has 0 fully saturated rings. The fourth-order valence-electron chi connectivity index (χ4n) is 3.62. The number of aromatic amines is 1. The number of aromatic nitrogens is 1. The minimum Gasteiger partial charge on any atom is -0.468 e. The van der Waals surface area contributed by atoms with Crippen molar-refractivity contribution in [1.29, 1.82) is 0 Å². The van der Waals surface area contributed by atoms with Crippen LogP contribution in [0.25, 0.3) is 10.9 Å². The first-order chi connectivity index (χ1) is 12.8. The Bertz CT molecular complexity index is 904. The highest BCUT2D eigenvalue weighted by atomic mass is 16.5. The molecule has 0 aliphatic carbocycles. The van der Waals surface area contributed by atoms with E-state index >= 15 is 0 Å². The van der Waals surface area contributed by atoms with Crippen LogP contribution in [0.1, 0.15) is 22.9 Å². The number of nitrogens with one attached hydrogen (secondary N) is 2. The largest absolute Gasteiger partial charge is 0.468 e. The van der Waals surface area contributed by atoms with Gasteiger partial charge in [0.25, 0.3) is 0 Å². The van der Waals surface area contributed by atoms with E-state index in [-0.39, 0.29) is 18.1 Å². The summed E-state index contributed by atoms with van der Waals surface area (Å²) < 4.78 is 10.9. The van der Waals surface area contributed by atoms with E-state index in [1.54, 1.807) is 0 Å². The normalized spacial score (nSPS) is 19.3. The van der Waals surface area contributed by atoms with Crippen molar-refractivity contribution in [3.63, 3.8) is 0 Å². The Morgan fingerprint density at radius 3 is 2.69 bits per heavy atom. The minimum absolute atomic E-state index is 0.0843. The van der Waals surface area contributed by atoms with Crippen molar-refractivity contribution in [2.75, 3.05) is 13.7 Å². The molecule has 2 aromatic carbocycles. The molecule has 4 rings (SSSR count). The van der Waals surface area contributed by atoms with Gasteiger partial charge in [-0.2, -0.15) is 0 Å². The summed E-state index contributed by atoms with van der Waals surface area (Å²) in [4.78, 5) is 15.6. The Morgan fingerprint density at radius 1 is 1.12 bits per heavy atom. The van der Waals surface area contributed by atoms with E-state index < -0.39 is 0 Å². The highest BCUT2D eigenvalue weighted by Gasteiger charge is 2.33. The third kappa shape index (κ3) is 3.23. The molecule has 0 radical (unpaired) electrons. The molecular formula is C21H22N2O3. The number of benzene rings is 2. The number of rotatable bonds is 5. The van der Waals surface area contributed by atoms with Crippen LogP contribution in [0, 0.1) is 0 Å². The third-order valence-corrected chi connectivity index (χ3v) is 4.89. The van der Waals surface area contributed by atoms with Crippen LogP contribution in [0.15, 0.2) is 54.6 Å². The van der Waals surface area contributed by atoms with Gasteiger partial charge in [-0.25, -0.2) is 0 Å². The van der Waals surface area contributed by atoms with Crippen LogP contribution in [0.2, 0.25) is 0 Å². The van der Waals surface area contributed by atoms with Crippen LogP contribution in [-0.2, 0) is 27.3 Å². The quantitative estimate of drug-likeness (QED) is 0.694. The molecule has 1 aliphatic rings. The lowest BCUT2D eigenvalue weighted by molar-refractivity contribution is -0.143. The summed E-state index contributed by atoms with van der Waals surface area (Å²) in [6, 6.07) is 17.8. The maximum atomic E-state index is 12.1.